The number of Topliss-reactive ketones (excluding diaryl/α,β-unsaturated/α-hetero) is 1. The van der Waals surface area contributed by atoms with E-state index >= 15 is 0 Å². The zero-order valence-electron chi connectivity index (χ0n) is 16.4. The van der Waals surface area contributed by atoms with E-state index in [0.717, 1.165) is 12.1 Å². The van der Waals surface area contributed by atoms with Crippen LogP contribution < -0.4 is 5.73 Å². The number of likely N-dealkylation sites (N-methyl/N-ethyl adjacent to an activating group) is 1. The van der Waals surface area contributed by atoms with E-state index in [4.69, 9.17) is 5.73 Å². The number of aliphatic hydroxyl groups excluding tert-OH is 2. The molecule has 3 aliphatic rings. The highest BCUT2D eigenvalue weighted by Crippen LogP contribution is 2.55. The van der Waals surface area contributed by atoms with Crippen LogP contribution in [0.2, 0.25) is 0 Å². The molecular formula is C21H20BrFN2O6. The maximum absolute atomic E-state index is 13.8. The molecule has 0 radical (unpaired) electrons. The lowest BCUT2D eigenvalue weighted by Crippen LogP contribution is -2.59. The van der Waals surface area contributed by atoms with E-state index in [1.54, 1.807) is 7.05 Å². The van der Waals surface area contributed by atoms with E-state index in [9.17, 15) is 34.4 Å². The monoisotopic (exact) mass is 494 g/mol. The van der Waals surface area contributed by atoms with Gasteiger partial charge in [0.1, 0.15) is 23.1 Å². The van der Waals surface area contributed by atoms with E-state index in [2.05, 4.69) is 22.7 Å². The van der Waals surface area contributed by atoms with Gasteiger partial charge in [0.05, 0.1) is 17.2 Å². The summed E-state index contributed by atoms with van der Waals surface area (Å²) in [4.78, 5) is 25.2. The van der Waals surface area contributed by atoms with Gasteiger partial charge < -0.3 is 26.2 Å². The summed E-state index contributed by atoms with van der Waals surface area (Å²) in [6.45, 7) is 3.70. The Hall–Kier alpha value is -2.69. The second kappa shape index (κ2) is 6.91. The van der Waals surface area contributed by atoms with Crippen molar-refractivity contribution in [2.45, 2.75) is 24.5 Å². The maximum Gasteiger partial charge on any atom is 0.252 e. The van der Waals surface area contributed by atoms with E-state index in [1.807, 2.05) is 0 Å². The van der Waals surface area contributed by atoms with Crippen molar-refractivity contribution in [1.29, 1.82) is 0 Å². The zero-order valence-corrected chi connectivity index (χ0v) is 18.0. The molecule has 3 aliphatic carbocycles. The summed E-state index contributed by atoms with van der Waals surface area (Å²) in [7, 11) is 1.54. The first-order valence-electron chi connectivity index (χ1n) is 9.44. The van der Waals surface area contributed by atoms with Crippen molar-refractivity contribution in [3.05, 3.63) is 63.9 Å². The number of nitrogens with zero attached hydrogens (tertiary/aromatic N) is 1. The molecule has 10 heteroatoms. The summed E-state index contributed by atoms with van der Waals surface area (Å²) in [5, 5.41) is 43.7. The van der Waals surface area contributed by atoms with Crippen LogP contribution in [0.5, 0.6) is 5.75 Å². The molecule has 31 heavy (non-hydrogen) atoms. The average Bonchev–Trinajstić information content (AvgIpc) is 2.63. The molecule has 0 heterocycles. The molecule has 0 saturated carbocycles. The molecule has 1 unspecified atom stereocenters. The fourth-order valence-corrected chi connectivity index (χ4v) is 5.70. The van der Waals surface area contributed by atoms with Crippen LogP contribution in [0.3, 0.4) is 0 Å². The van der Waals surface area contributed by atoms with Crippen LogP contribution in [0.4, 0.5) is 4.39 Å². The van der Waals surface area contributed by atoms with Crippen LogP contribution in [0, 0.1) is 17.7 Å². The van der Waals surface area contributed by atoms with Crippen molar-refractivity contribution < 1.29 is 34.4 Å². The lowest BCUT2D eigenvalue weighted by atomic mass is 9.58. The number of nitrogens with two attached hydrogens (primary N) is 1. The van der Waals surface area contributed by atoms with Crippen molar-refractivity contribution in [1.82, 2.24) is 3.93 Å². The molecule has 1 aromatic rings. The number of phenols is 1. The average molecular weight is 495 g/mol. The Balaban J connectivity index is 1.97. The van der Waals surface area contributed by atoms with E-state index in [0.29, 0.717) is 0 Å². The maximum atomic E-state index is 13.8. The number of fused-ring (bicyclic) bond motifs is 3. The van der Waals surface area contributed by atoms with Gasteiger partial charge in [0.15, 0.2) is 11.4 Å². The molecule has 4 atom stereocenters. The number of carbonyl (C=O) groups is 2. The fraction of sp³-hybridized carbons (Fsp3) is 0.333. The predicted molar refractivity (Wildman–Crippen MR) is 111 cm³/mol. The van der Waals surface area contributed by atoms with Crippen molar-refractivity contribution in [2.24, 2.45) is 17.6 Å². The van der Waals surface area contributed by atoms with Crippen LogP contribution in [0.15, 0.2) is 46.9 Å². The minimum atomic E-state index is -2.27. The van der Waals surface area contributed by atoms with Gasteiger partial charge in [0.25, 0.3) is 5.91 Å². The van der Waals surface area contributed by atoms with Gasteiger partial charge in [-0.05, 0) is 37.4 Å². The van der Waals surface area contributed by atoms with E-state index in [-0.39, 0.29) is 35.1 Å². The second-order valence-corrected chi connectivity index (χ2v) is 9.25. The lowest BCUT2D eigenvalue weighted by molar-refractivity contribution is -0.115. The number of benzene rings is 1. The van der Waals surface area contributed by atoms with E-state index in [1.165, 1.54) is 3.93 Å². The molecular weight excluding hydrogens is 475 g/mol. The number of primary amides is 1. The predicted octanol–water partition coefficient (Wildman–Crippen LogP) is 1.93. The van der Waals surface area contributed by atoms with Gasteiger partial charge in [-0.1, -0.05) is 6.58 Å². The number of aromatic hydroxyl groups is 1. The minimum Gasteiger partial charge on any atom is -0.510 e. The number of allylic oxidation sites excluding steroid dienone is 1. The number of hydrogen-bond donors (Lipinski definition) is 5. The van der Waals surface area contributed by atoms with Gasteiger partial charge in [-0.3, -0.25) is 9.59 Å². The molecule has 0 bridgehead atoms. The highest BCUT2D eigenvalue weighted by molar-refractivity contribution is 9.07. The number of ketones is 1. The lowest BCUT2D eigenvalue weighted by Gasteiger charge is -2.51. The van der Waals surface area contributed by atoms with Crippen molar-refractivity contribution in [3.63, 3.8) is 0 Å². The minimum absolute atomic E-state index is 0.0913. The number of hydrogen-bond acceptors (Lipinski definition) is 7. The smallest absolute Gasteiger partial charge is 0.252 e. The Morgan fingerprint density at radius 3 is 2.58 bits per heavy atom. The van der Waals surface area contributed by atoms with Crippen LogP contribution in [-0.2, 0) is 11.2 Å². The summed E-state index contributed by atoms with van der Waals surface area (Å²) >= 11 is 3.22. The Bertz CT molecular complexity index is 1130. The molecule has 0 saturated heterocycles. The standard InChI is InChI=1S/C21H20BrFN2O6/c1-7-13(20(24)30)18(28)16(25(2)22)11-5-9-3-8-4-10(23)6-12(26)14(8)17(27)15(9)19(29)21(7,11)31/h4,6,9,11,16,26,28-29,31H,1,3,5H2,2H3,(H2,24,30)/t9?,11-,16-,21-/m0/s1. The SMILES string of the molecule is C=C1C(C(N)=O)=C(O)[C@@H](N(C)Br)[C@@H]2CC3Cc4cc(F)cc(O)c4C(=O)C3=C(O)[C@]12O. The second-order valence-electron chi connectivity index (χ2n) is 8.13. The molecule has 0 fully saturated rings. The fourth-order valence-electron chi connectivity index (χ4n) is 5.22. The summed E-state index contributed by atoms with van der Waals surface area (Å²) in [5.74, 6) is -5.76. The quantitative estimate of drug-likeness (QED) is 0.395. The molecule has 0 aromatic heterocycles. The number of aliphatic hydroxyl groups is 3. The highest BCUT2D eigenvalue weighted by Gasteiger charge is 2.60. The van der Waals surface area contributed by atoms with Gasteiger partial charge in [-0.15, -0.1) is 0 Å². The van der Waals surface area contributed by atoms with Crippen molar-refractivity contribution in [2.75, 3.05) is 7.05 Å². The topological polar surface area (TPSA) is 144 Å². The number of halogens is 2. The highest BCUT2D eigenvalue weighted by atomic mass is 79.9. The Labute approximate surface area is 185 Å². The third kappa shape index (κ3) is 2.78. The summed E-state index contributed by atoms with van der Waals surface area (Å²) in [5.41, 5.74) is 2.37. The molecule has 1 aromatic carbocycles. The van der Waals surface area contributed by atoms with Gasteiger partial charge in [-0.2, -0.15) is 0 Å². The summed E-state index contributed by atoms with van der Waals surface area (Å²) < 4.78 is 15.2. The Morgan fingerprint density at radius 2 is 2.00 bits per heavy atom. The normalized spacial score (nSPS) is 30.3. The third-order valence-corrected chi connectivity index (χ3v) is 6.95. The zero-order chi connectivity index (χ0) is 23.0. The molecule has 4 rings (SSSR count). The molecule has 0 aliphatic heterocycles. The van der Waals surface area contributed by atoms with Gasteiger partial charge in [0, 0.05) is 39.3 Å². The molecule has 6 N–H and O–H groups in total. The van der Waals surface area contributed by atoms with Crippen LogP contribution in [0.25, 0.3) is 0 Å². The van der Waals surface area contributed by atoms with Crippen LogP contribution in [0.1, 0.15) is 22.3 Å². The Morgan fingerprint density at radius 1 is 1.35 bits per heavy atom. The number of phenolic OH excluding ortho intramolecular Hbond substituents is 1. The van der Waals surface area contributed by atoms with Crippen molar-refractivity contribution in [3.8, 4) is 5.75 Å². The molecule has 164 valence electrons. The van der Waals surface area contributed by atoms with Crippen molar-refractivity contribution >= 4 is 27.8 Å². The van der Waals surface area contributed by atoms with Crippen LogP contribution >= 0.6 is 16.1 Å². The molecule has 8 nitrogen and oxygen atoms in total. The van der Waals surface area contributed by atoms with Gasteiger partial charge in [-0.25, -0.2) is 8.32 Å². The Kier molecular flexibility index (Phi) is 4.80. The summed E-state index contributed by atoms with van der Waals surface area (Å²) in [6, 6.07) is 0.966. The number of carbonyl (C=O) groups excluding carboxylic acids is 2. The number of rotatable bonds is 2. The molecule has 0 spiro atoms. The van der Waals surface area contributed by atoms with Crippen LogP contribution in [-0.4, -0.2) is 54.7 Å². The third-order valence-electron chi connectivity index (χ3n) is 6.51. The van der Waals surface area contributed by atoms with Gasteiger partial charge in [0.2, 0.25) is 0 Å². The first-order chi connectivity index (χ1) is 14.4. The summed E-state index contributed by atoms with van der Waals surface area (Å²) in [6.07, 6.45) is 0.213. The first kappa shape index (κ1) is 21.5. The van der Waals surface area contributed by atoms with Gasteiger partial charge >= 0.3 is 0 Å². The molecule has 1 amide bonds. The van der Waals surface area contributed by atoms with E-state index < -0.39 is 63.8 Å². The largest absolute Gasteiger partial charge is 0.510 e. The number of amides is 1. The first-order valence-corrected chi connectivity index (χ1v) is 10.1.